The van der Waals surface area contributed by atoms with Crippen molar-refractivity contribution < 1.29 is 19.1 Å². The highest BCUT2D eigenvalue weighted by atomic mass is 16.5. The van der Waals surface area contributed by atoms with Gasteiger partial charge in [0, 0.05) is 5.39 Å². The van der Waals surface area contributed by atoms with Gasteiger partial charge in [-0.2, -0.15) is 0 Å². The van der Waals surface area contributed by atoms with Crippen molar-refractivity contribution in [1.82, 2.24) is 10.3 Å². The first-order valence-electron chi connectivity index (χ1n) is 8.68. The topological polar surface area (TPSA) is 111 Å². The highest BCUT2D eigenvalue weighted by molar-refractivity contribution is 5.98. The Balaban J connectivity index is 1.62. The van der Waals surface area contributed by atoms with Crippen LogP contribution in [-0.4, -0.2) is 28.8 Å². The van der Waals surface area contributed by atoms with E-state index in [0.29, 0.717) is 5.52 Å². The molecule has 0 saturated heterocycles. The number of ether oxygens (including phenoxy) is 1. The van der Waals surface area contributed by atoms with E-state index in [2.05, 4.69) is 10.3 Å². The summed E-state index contributed by atoms with van der Waals surface area (Å²) in [5.74, 6) is -2.06. The molecule has 0 aliphatic rings. The zero-order valence-corrected chi connectivity index (χ0v) is 15.0. The predicted octanol–water partition coefficient (Wildman–Crippen LogP) is 1.95. The van der Waals surface area contributed by atoms with Crippen LogP contribution in [0.5, 0.6) is 0 Å². The van der Waals surface area contributed by atoms with Gasteiger partial charge in [-0.1, -0.05) is 54.6 Å². The number of nitrogens with two attached hydrogens (primary N) is 1. The van der Waals surface area contributed by atoms with Gasteiger partial charge < -0.3 is 15.8 Å². The molecule has 0 aliphatic heterocycles. The lowest BCUT2D eigenvalue weighted by molar-refractivity contribution is -0.146. The lowest BCUT2D eigenvalue weighted by atomic mass is 10.1. The van der Waals surface area contributed by atoms with Crippen molar-refractivity contribution in [2.45, 2.75) is 19.1 Å². The Hall–Kier alpha value is -3.74. The highest BCUT2D eigenvalue weighted by Crippen LogP contribution is 2.12. The van der Waals surface area contributed by atoms with E-state index < -0.39 is 23.8 Å². The van der Waals surface area contributed by atoms with Crippen LogP contribution in [0.1, 0.15) is 22.5 Å². The van der Waals surface area contributed by atoms with Gasteiger partial charge in [0.05, 0.1) is 11.9 Å². The summed E-state index contributed by atoms with van der Waals surface area (Å²) in [5.41, 5.74) is 6.92. The number of hydrogen-bond acceptors (Lipinski definition) is 5. The molecular formula is C21H19N3O4. The summed E-state index contributed by atoms with van der Waals surface area (Å²) < 4.78 is 5.14. The summed E-state index contributed by atoms with van der Waals surface area (Å²) in [6.07, 6.45) is -0.360. The first-order chi connectivity index (χ1) is 13.5. The van der Waals surface area contributed by atoms with Gasteiger partial charge in [0.1, 0.15) is 18.3 Å². The van der Waals surface area contributed by atoms with Crippen LogP contribution in [0.3, 0.4) is 0 Å². The molecule has 0 spiro atoms. The molecule has 0 unspecified atom stereocenters. The second-order valence-corrected chi connectivity index (χ2v) is 6.17. The fourth-order valence-electron chi connectivity index (χ4n) is 2.61. The molecule has 1 heterocycles. The minimum atomic E-state index is -1.19. The third kappa shape index (κ3) is 4.91. The average molecular weight is 377 g/mol. The van der Waals surface area contributed by atoms with E-state index in [1.54, 1.807) is 18.2 Å². The van der Waals surface area contributed by atoms with Crippen molar-refractivity contribution in [3.63, 3.8) is 0 Å². The number of hydrogen-bond donors (Lipinski definition) is 2. The average Bonchev–Trinajstić information content (AvgIpc) is 2.72. The number of nitrogens with zero attached hydrogens (tertiary/aromatic N) is 1. The Labute approximate surface area is 161 Å². The molecule has 0 fully saturated rings. The van der Waals surface area contributed by atoms with Crippen molar-refractivity contribution in [2.24, 2.45) is 5.73 Å². The number of fused-ring (bicyclic) bond motifs is 1. The number of esters is 1. The monoisotopic (exact) mass is 377 g/mol. The van der Waals surface area contributed by atoms with Crippen LogP contribution in [0.2, 0.25) is 0 Å². The zero-order chi connectivity index (χ0) is 19.9. The fourth-order valence-corrected chi connectivity index (χ4v) is 2.61. The largest absolute Gasteiger partial charge is 0.461 e. The smallest absolute Gasteiger partial charge is 0.308 e. The Morgan fingerprint density at radius 3 is 2.43 bits per heavy atom. The Morgan fingerprint density at radius 2 is 1.68 bits per heavy atom. The van der Waals surface area contributed by atoms with Gasteiger partial charge in [-0.3, -0.25) is 14.4 Å². The lowest BCUT2D eigenvalue weighted by Crippen LogP contribution is -2.46. The van der Waals surface area contributed by atoms with E-state index in [0.717, 1.165) is 10.9 Å². The number of pyridine rings is 1. The lowest BCUT2D eigenvalue weighted by Gasteiger charge is -2.15. The van der Waals surface area contributed by atoms with Crippen molar-refractivity contribution in [3.05, 3.63) is 78.0 Å². The first kappa shape index (κ1) is 19.0. The molecule has 2 amide bonds. The van der Waals surface area contributed by atoms with Crippen molar-refractivity contribution in [3.8, 4) is 0 Å². The fraction of sp³-hybridized carbons (Fsp3) is 0.143. The molecule has 3 rings (SSSR count). The summed E-state index contributed by atoms with van der Waals surface area (Å²) in [6, 6.07) is 18.6. The van der Waals surface area contributed by atoms with E-state index in [1.165, 1.54) is 0 Å². The molecule has 7 nitrogen and oxygen atoms in total. The van der Waals surface area contributed by atoms with Crippen molar-refractivity contribution in [1.29, 1.82) is 0 Å². The number of rotatable bonds is 7. The van der Waals surface area contributed by atoms with Crippen LogP contribution in [0.15, 0.2) is 66.7 Å². The summed E-state index contributed by atoms with van der Waals surface area (Å²) in [6.45, 7) is 0.0747. The second-order valence-electron chi connectivity index (χ2n) is 6.17. The molecule has 0 aliphatic carbocycles. The number of amides is 2. The maximum atomic E-state index is 12.4. The Morgan fingerprint density at radius 1 is 0.964 bits per heavy atom. The third-order valence-electron chi connectivity index (χ3n) is 4.09. The molecule has 1 aromatic heterocycles. The molecule has 0 radical (unpaired) electrons. The SMILES string of the molecule is NC(=O)[C@@H](CC(=O)OCc1ccccc1)NC(=O)c1ccc2ccccc2n1. The molecule has 3 aromatic rings. The van der Waals surface area contributed by atoms with Crippen LogP contribution in [0.4, 0.5) is 0 Å². The van der Waals surface area contributed by atoms with E-state index in [1.807, 2.05) is 48.5 Å². The summed E-state index contributed by atoms with van der Waals surface area (Å²) >= 11 is 0. The van der Waals surface area contributed by atoms with Crippen molar-refractivity contribution >= 4 is 28.7 Å². The molecule has 1 atom stereocenters. The van der Waals surface area contributed by atoms with Crippen LogP contribution in [0, 0.1) is 0 Å². The normalized spacial score (nSPS) is 11.6. The van der Waals surface area contributed by atoms with Gasteiger partial charge in [-0.15, -0.1) is 0 Å². The number of carbonyl (C=O) groups excluding carboxylic acids is 3. The van der Waals surface area contributed by atoms with Gasteiger partial charge in [0.2, 0.25) is 5.91 Å². The van der Waals surface area contributed by atoms with Crippen LogP contribution in [-0.2, 0) is 20.9 Å². The molecule has 0 bridgehead atoms. The van der Waals surface area contributed by atoms with Gasteiger partial charge in [0.15, 0.2) is 0 Å². The minimum Gasteiger partial charge on any atom is -0.461 e. The summed E-state index contributed by atoms with van der Waals surface area (Å²) in [5, 5.41) is 3.33. The van der Waals surface area contributed by atoms with Crippen LogP contribution in [0.25, 0.3) is 10.9 Å². The number of benzene rings is 2. The van der Waals surface area contributed by atoms with E-state index in [-0.39, 0.29) is 18.7 Å². The number of carbonyl (C=O) groups is 3. The number of aromatic nitrogens is 1. The van der Waals surface area contributed by atoms with E-state index >= 15 is 0 Å². The van der Waals surface area contributed by atoms with Crippen LogP contribution >= 0.6 is 0 Å². The number of nitrogens with one attached hydrogen (secondary N) is 1. The maximum Gasteiger partial charge on any atom is 0.308 e. The minimum absolute atomic E-state index is 0.0747. The molecule has 28 heavy (non-hydrogen) atoms. The summed E-state index contributed by atoms with van der Waals surface area (Å²) in [7, 11) is 0. The quantitative estimate of drug-likeness (QED) is 0.611. The number of primary amides is 1. The molecule has 7 heteroatoms. The Bertz CT molecular complexity index is 1000. The van der Waals surface area contributed by atoms with E-state index in [4.69, 9.17) is 10.5 Å². The van der Waals surface area contributed by atoms with Gasteiger partial charge in [-0.05, 0) is 17.7 Å². The van der Waals surface area contributed by atoms with Gasteiger partial charge in [0.25, 0.3) is 5.91 Å². The summed E-state index contributed by atoms with van der Waals surface area (Å²) in [4.78, 5) is 40.4. The number of para-hydroxylation sites is 1. The zero-order valence-electron chi connectivity index (χ0n) is 15.0. The highest BCUT2D eigenvalue weighted by Gasteiger charge is 2.23. The Kier molecular flexibility index (Phi) is 5.96. The first-order valence-corrected chi connectivity index (χ1v) is 8.68. The standard InChI is InChI=1S/C21H19N3O4/c22-20(26)18(12-19(25)28-13-14-6-2-1-3-7-14)24-21(27)17-11-10-15-8-4-5-9-16(15)23-17/h1-11,18H,12-13H2,(H2,22,26)(H,24,27)/t18-/m1/s1. The molecule has 3 N–H and O–H groups in total. The van der Waals surface area contributed by atoms with E-state index in [9.17, 15) is 14.4 Å². The van der Waals surface area contributed by atoms with Gasteiger partial charge >= 0.3 is 5.97 Å². The molecule has 142 valence electrons. The molecule has 0 saturated carbocycles. The third-order valence-corrected chi connectivity index (χ3v) is 4.09. The molecular weight excluding hydrogens is 358 g/mol. The van der Waals surface area contributed by atoms with Crippen LogP contribution < -0.4 is 11.1 Å². The van der Waals surface area contributed by atoms with Crippen molar-refractivity contribution in [2.75, 3.05) is 0 Å². The van der Waals surface area contributed by atoms with Gasteiger partial charge in [-0.25, -0.2) is 4.98 Å². The second kappa shape index (κ2) is 8.77. The molecule has 2 aromatic carbocycles. The maximum absolute atomic E-state index is 12.4. The predicted molar refractivity (Wildman–Crippen MR) is 103 cm³/mol.